The van der Waals surface area contributed by atoms with Gasteiger partial charge < -0.3 is 21.9 Å². The average molecular weight is 269 g/mol. The number of carbonyl (C=O) groups is 1. The minimum absolute atomic E-state index is 0.347. The fourth-order valence-corrected chi connectivity index (χ4v) is 2.23. The SMILES string of the molecule is CSCC(C)(O)CNc1cc(C(N)=O)ccc1N. The molecule has 5 nitrogen and oxygen atoms in total. The highest BCUT2D eigenvalue weighted by Gasteiger charge is 2.19. The van der Waals surface area contributed by atoms with Crippen LogP contribution in [0.15, 0.2) is 18.2 Å². The van der Waals surface area contributed by atoms with Crippen molar-refractivity contribution in [2.75, 3.05) is 29.6 Å². The van der Waals surface area contributed by atoms with Gasteiger partial charge in [0.1, 0.15) is 0 Å². The van der Waals surface area contributed by atoms with Crippen LogP contribution in [-0.4, -0.2) is 35.2 Å². The Labute approximate surface area is 111 Å². The van der Waals surface area contributed by atoms with E-state index in [0.717, 1.165) is 0 Å². The van der Waals surface area contributed by atoms with Crippen molar-refractivity contribution in [3.05, 3.63) is 23.8 Å². The molecule has 0 saturated carbocycles. The number of thioether (sulfide) groups is 1. The van der Waals surface area contributed by atoms with E-state index in [2.05, 4.69) is 5.32 Å². The zero-order valence-corrected chi connectivity index (χ0v) is 11.4. The number of anilines is 2. The predicted molar refractivity (Wildman–Crippen MR) is 76.9 cm³/mol. The van der Waals surface area contributed by atoms with Crippen LogP contribution in [0.25, 0.3) is 0 Å². The van der Waals surface area contributed by atoms with Gasteiger partial charge in [0, 0.05) is 17.9 Å². The first-order valence-electron chi connectivity index (χ1n) is 5.50. The number of hydrogen-bond donors (Lipinski definition) is 4. The van der Waals surface area contributed by atoms with Crippen LogP contribution in [0.2, 0.25) is 0 Å². The number of aliphatic hydroxyl groups is 1. The van der Waals surface area contributed by atoms with E-state index in [-0.39, 0.29) is 0 Å². The Morgan fingerprint density at radius 1 is 1.56 bits per heavy atom. The molecule has 0 bridgehead atoms. The Morgan fingerprint density at radius 3 is 2.78 bits per heavy atom. The van der Waals surface area contributed by atoms with Crippen molar-refractivity contribution in [1.29, 1.82) is 0 Å². The molecule has 0 aliphatic heterocycles. The second-order valence-electron chi connectivity index (χ2n) is 4.45. The monoisotopic (exact) mass is 269 g/mol. The minimum Gasteiger partial charge on any atom is -0.397 e. The van der Waals surface area contributed by atoms with Crippen LogP contribution in [0.1, 0.15) is 17.3 Å². The number of primary amides is 1. The molecule has 1 amide bonds. The lowest BCUT2D eigenvalue weighted by Crippen LogP contribution is -2.36. The fourth-order valence-electron chi connectivity index (χ4n) is 1.51. The maximum atomic E-state index is 11.1. The maximum Gasteiger partial charge on any atom is 0.248 e. The summed E-state index contributed by atoms with van der Waals surface area (Å²) in [5.41, 5.74) is 11.7. The zero-order chi connectivity index (χ0) is 13.8. The smallest absolute Gasteiger partial charge is 0.248 e. The highest BCUT2D eigenvalue weighted by atomic mass is 32.2. The molecule has 1 rings (SSSR count). The lowest BCUT2D eigenvalue weighted by molar-refractivity contribution is 0.0994. The molecular weight excluding hydrogens is 250 g/mol. The molecule has 0 radical (unpaired) electrons. The minimum atomic E-state index is -0.839. The largest absolute Gasteiger partial charge is 0.397 e. The van der Waals surface area contributed by atoms with Crippen molar-refractivity contribution in [2.24, 2.45) is 5.73 Å². The van der Waals surface area contributed by atoms with Crippen LogP contribution >= 0.6 is 11.8 Å². The molecule has 1 atom stereocenters. The van der Waals surface area contributed by atoms with Crippen molar-refractivity contribution in [1.82, 2.24) is 0 Å². The first-order valence-corrected chi connectivity index (χ1v) is 6.89. The van der Waals surface area contributed by atoms with Crippen LogP contribution in [0.3, 0.4) is 0 Å². The molecule has 6 heteroatoms. The van der Waals surface area contributed by atoms with E-state index in [4.69, 9.17) is 11.5 Å². The van der Waals surface area contributed by atoms with Gasteiger partial charge in [0.15, 0.2) is 0 Å². The van der Waals surface area contributed by atoms with Crippen LogP contribution in [0.4, 0.5) is 11.4 Å². The van der Waals surface area contributed by atoms with Crippen molar-refractivity contribution < 1.29 is 9.90 Å². The lowest BCUT2D eigenvalue weighted by atomic mass is 10.1. The Balaban J connectivity index is 2.78. The molecule has 0 aromatic heterocycles. The maximum absolute atomic E-state index is 11.1. The molecule has 0 fully saturated rings. The van der Waals surface area contributed by atoms with Gasteiger partial charge >= 0.3 is 0 Å². The van der Waals surface area contributed by atoms with Gasteiger partial charge in [-0.25, -0.2) is 0 Å². The fraction of sp³-hybridized carbons (Fsp3) is 0.417. The third-order valence-corrected chi connectivity index (χ3v) is 3.36. The van der Waals surface area contributed by atoms with Crippen molar-refractivity contribution in [3.63, 3.8) is 0 Å². The summed E-state index contributed by atoms with van der Waals surface area (Å²) in [4.78, 5) is 11.1. The molecular formula is C12H19N3O2S. The first-order chi connectivity index (χ1) is 8.35. The molecule has 100 valence electrons. The Bertz CT molecular complexity index is 435. The van der Waals surface area contributed by atoms with E-state index in [1.807, 2.05) is 6.26 Å². The molecule has 18 heavy (non-hydrogen) atoms. The second kappa shape index (κ2) is 5.97. The molecule has 1 unspecified atom stereocenters. The number of nitrogens with one attached hydrogen (secondary N) is 1. The Kier molecular flexibility index (Phi) is 4.86. The summed E-state index contributed by atoms with van der Waals surface area (Å²) < 4.78 is 0. The van der Waals surface area contributed by atoms with Crippen LogP contribution < -0.4 is 16.8 Å². The van der Waals surface area contributed by atoms with E-state index in [1.165, 1.54) is 0 Å². The highest BCUT2D eigenvalue weighted by molar-refractivity contribution is 7.98. The normalized spacial score (nSPS) is 13.9. The second-order valence-corrected chi connectivity index (χ2v) is 5.32. The molecule has 0 spiro atoms. The van der Waals surface area contributed by atoms with Gasteiger partial charge in [0.05, 0.1) is 17.0 Å². The van der Waals surface area contributed by atoms with E-state index in [9.17, 15) is 9.90 Å². The van der Waals surface area contributed by atoms with E-state index >= 15 is 0 Å². The first kappa shape index (κ1) is 14.7. The Morgan fingerprint density at radius 2 is 2.22 bits per heavy atom. The van der Waals surface area contributed by atoms with E-state index in [0.29, 0.717) is 29.2 Å². The third-order valence-electron chi connectivity index (χ3n) is 2.45. The summed E-state index contributed by atoms with van der Waals surface area (Å²) >= 11 is 1.56. The van der Waals surface area contributed by atoms with Gasteiger partial charge in [-0.15, -0.1) is 0 Å². The zero-order valence-electron chi connectivity index (χ0n) is 10.6. The average Bonchev–Trinajstić information content (AvgIpc) is 2.27. The van der Waals surface area contributed by atoms with E-state index < -0.39 is 11.5 Å². The van der Waals surface area contributed by atoms with Gasteiger partial charge in [0.2, 0.25) is 5.91 Å². The molecule has 0 saturated heterocycles. The number of rotatable bonds is 6. The van der Waals surface area contributed by atoms with Gasteiger partial charge in [-0.3, -0.25) is 4.79 Å². The van der Waals surface area contributed by atoms with Crippen molar-refractivity contribution >= 4 is 29.0 Å². The summed E-state index contributed by atoms with van der Waals surface area (Å²) in [6.07, 6.45) is 1.93. The molecule has 1 aromatic carbocycles. The molecule has 0 aliphatic carbocycles. The van der Waals surface area contributed by atoms with Gasteiger partial charge in [-0.1, -0.05) is 0 Å². The number of nitrogens with two attached hydrogens (primary N) is 2. The quantitative estimate of drug-likeness (QED) is 0.575. The van der Waals surface area contributed by atoms with Crippen molar-refractivity contribution in [2.45, 2.75) is 12.5 Å². The van der Waals surface area contributed by atoms with Gasteiger partial charge in [-0.05, 0) is 31.4 Å². The van der Waals surface area contributed by atoms with Gasteiger partial charge in [0.25, 0.3) is 0 Å². The summed E-state index contributed by atoms with van der Waals surface area (Å²) in [7, 11) is 0. The van der Waals surface area contributed by atoms with E-state index in [1.54, 1.807) is 36.9 Å². The number of hydrogen-bond acceptors (Lipinski definition) is 5. The van der Waals surface area contributed by atoms with Crippen LogP contribution in [-0.2, 0) is 0 Å². The molecule has 0 heterocycles. The summed E-state index contributed by atoms with van der Waals surface area (Å²) in [6, 6.07) is 4.78. The number of carbonyl (C=O) groups excluding carboxylic acids is 1. The van der Waals surface area contributed by atoms with Crippen LogP contribution in [0, 0.1) is 0 Å². The summed E-state index contributed by atoms with van der Waals surface area (Å²) in [6.45, 7) is 2.09. The predicted octanol–water partition coefficient (Wildman–Crippen LogP) is 0.894. The number of nitrogen functional groups attached to an aromatic ring is 1. The number of benzene rings is 1. The van der Waals surface area contributed by atoms with Gasteiger partial charge in [-0.2, -0.15) is 11.8 Å². The topological polar surface area (TPSA) is 101 Å². The molecule has 6 N–H and O–H groups in total. The lowest BCUT2D eigenvalue weighted by Gasteiger charge is -2.23. The number of amides is 1. The van der Waals surface area contributed by atoms with Crippen molar-refractivity contribution in [3.8, 4) is 0 Å². The Hall–Kier alpha value is -1.40. The molecule has 0 aliphatic rings. The summed E-state index contributed by atoms with van der Waals surface area (Å²) in [5, 5.41) is 13.1. The third kappa shape index (κ3) is 4.12. The highest BCUT2D eigenvalue weighted by Crippen LogP contribution is 2.21. The summed E-state index contributed by atoms with van der Waals surface area (Å²) in [5.74, 6) is 0.101. The van der Waals surface area contributed by atoms with Crippen LogP contribution in [0.5, 0.6) is 0 Å². The molecule has 1 aromatic rings. The standard InChI is InChI=1S/C12H19N3O2S/c1-12(17,7-18-2)6-15-10-5-8(11(14)16)3-4-9(10)13/h3-5,15,17H,6-7,13H2,1-2H3,(H2,14,16).